The molecule has 46 heavy (non-hydrogen) atoms. The molecule has 5 aromatic rings. The van der Waals surface area contributed by atoms with Crippen LogP contribution in [-0.4, -0.2) is 22.2 Å². The van der Waals surface area contributed by atoms with Gasteiger partial charge < -0.3 is 14.9 Å². The van der Waals surface area contributed by atoms with Crippen LogP contribution in [0.2, 0.25) is 10.0 Å². The van der Waals surface area contributed by atoms with Gasteiger partial charge >= 0.3 is 11.9 Å². The minimum Gasteiger partial charge on any atom is -0.478 e. The Bertz CT molecular complexity index is 2400. The zero-order chi connectivity index (χ0) is 32.4. The molecule has 0 radical (unpaired) electrons. The van der Waals surface area contributed by atoms with Crippen LogP contribution in [0.5, 0.6) is 11.5 Å². The van der Waals surface area contributed by atoms with Gasteiger partial charge in [-0.2, -0.15) is 0 Å². The summed E-state index contributed by atoms with van der Waals surface area (Å²) in [6.45, 7) is 8.81. The highest BCUT2D eigenvalue weighted by atomic mass is 35.5. The number of hydrogen-bond acceptors (Lipinski definition) is 3. The first kappa shape index (κ1) is 29.1. The molecule has 0 unspecified atom stereocenters. The average molecular weight is 650 g/mol. The van der Waals surface area contributed by atoms with E-state index in [-0.39, 0.29) is 37.6 Å². The van der Waals surface area contributed by atoms with E-state index in [0.717, 1.165) is 63.2 Å². The van der Waals surface area contributed by atoms with E-state index >= 15 is 0 Å². The summed E-state index contributed by atoms with van der Waals surface area (Å²) in [6, 6.07) is 17.3. The Morgan fingerprint density at radius 1 is 0.783 bits per heavy atom. The normalized spacial score (nSPS) is 16.8. The molecule has 8 rings (SSSR count). The number of carboxylic acids is 2. The van der Waals surface area contributed by atoms with Crippen LogP contribution >= 0.6 is 23.2 Å². The van der Waals surface area contributed by atoms with Crippen LogP contribution in [0.25, 0.3) is 33.2 Å². The molecule has 2 N–H and O–H groups in total. The molecule has 0 fully saturated rings. The predicted molar refractivity (Wildman–Crippen MR) is 183 cm³/mol. The van der Waals surface area contributed by atoms with Crippen LogP contribution in [0.1, 0.15) is 89.1 Å². The number of carbonyl (C=O) groups is 2. The minimum absolute atomic E-state index is 0.0793. The van der Waals surface area contributed by atoms with Crippen molar-refractivity contribution in [3.05, 3.63) is 114 Å². The molecule has 0 saturated carbocycles. The fraction of sp³-hybridized carbons (Fsp3) is 0.231. The summed E-state index contributed by atoms with van der Waals surface area (Å²) in [7, 11) is 0. The molecule has 5 nitrogen and oxygen atoms in total. The number of ether oxygens (including phenoxy) is 1. The molecule has 0 saturated heterocycles. The van der Waals surface area contributed by atoms with Gasteiger partial charge in [0.2, 0.25) is 0 Å². The third-order valence-electron chi connectivity index (χ3n) is 10.3. The molecule has 230 valence electrons. The second-order valence-corrected chi connectivity index (χ2v) is 14.7. The number of aryl methyl sites for hydroxylation is 1. The first-order valence-electron chi connectivity index (χ1n) is 15.4. The van der Waals surface area contributed by atoms with E-state index in [1.807, 2.05) is 36.4 Å². The molecule has 0 spiro atoms. The summed E-state index contributed by atoms with van der Waals surface area (Å²) in [4.78, 5) is 25.7. The molecular formula is C39H30Cl2O5. The summed E-state index contributed by atoms with van der Waals surface area (Å²) in [5, 5.41) is 26.1. The Labute approximate surface area is 275 Å². The van der Waals surface area contributed by atoms with E-state index in [0.29, 0.717) is 27.9 Å². The predicted octanol–water partition coefficient (Wildman–Crippen LogP) is 8.73. The summed E-state index contributed by atoms with van der Waals surface area (Å²) in [5.41, 5.74) is 3.59. The van der Waals surface area contributed by atoms with Crippen LogP contribution in [0.15, 0.2) is 54.6 Å². The van der Waals surface area contributed by atoms with E-state index < -0.39 is 11.9 Å². The van der Waals surface area contributed by atoms with Gasteiger partial charge in [-0.1, -0.05) is 106 Å². The number of halogens is 2. The lowest BCUT2D eigenvalue weighted by atomic mass is 9.77. The average Bonchev–Trinajstić information content (AvgIpc) is 3.52. The number of benzene rings is 5. The number of rotatable bonds is 3. The zero-order valence-electron chi connectivity index (χ0n) is 25.8. The van der Waals surface area contributed by atoms with Crippen LogP contribution in [0, 0.1) is 0 Å². The Hall–Kier alpha value is -4.32. The van der Waals surface area contributed by atoms with Gasteiger partial charge in [0, 0.05) is 33.0 Å². The van der Waals surface area contributed by atoms with Gasteiger partial charge in [-0.25, -0.2) is 9.59 Å². The van der Waals surface area contributed by atoms with Gasteiger partial charge in [-0.15, -0.1) is 0 Å². The van der Waals surface area contributed by atoms with Crippen molar-refractivity contribution in [2.24, 2.45) is 0 Å². The topological polar surface area (TPSA) is 83.8 Å². The molecule has 2 aliphatic carbocycles. The van der Waals surface area contributed by atoms with E-state index in [1.54, 1.807) is 0 Å². The lowest BCUT2D eigenvalue weighted by molar-refractivity contribution is 0.0681. The second kappa shape index (κ2) is 9.60. The highest BCUT2D eigenvalue weighted by Crippen LogP contribution is 2.55. The molecule has 0 atom stereocenters. The smallest absolute Gasteiger partial charge is 0.337 e. The fourth-order valence-corrected chi connectivity index (χ4v) is 8.82. The third-order valence-corrected chi connectivity index (χ3v) is 11.0. The Kier molecular flexibility index (Phi) is 6.07. The van der Waals surface area contributed by atoms with E-state index in [4.69, 9.17) is 27.9 Å². The standard InChI is InChI=1S/C39H30Cl2O5/c1-38(2)15-13-22-18-9-5-7-11-20(18)26-29(30-28(37(44)45)25(40)17-24(33(30)41)36(42)43)27-21-12-8-6-10-19(21)23-14-16-39(3,4)32(23)35(27)46-34(26)31(22)38/h5-13,17H,14-16H2,1-4H3,(H,42,43)(H,44,45). The molecule has 0 aromatic heterocycles. The van der Waals surface area contributed by atoms with Gasteiger partial charge in [-0.3, -0.25) is 0 Å². The van der Waals surface area contributed by atoms with Crippen molar-refractivity contribution in [1.29, 1.82) is 0 Å². The van der Waals surface area contributed by atoms with Crippen molar-refractivity contribution in [3.63, 3.8) is 0 Å². The molecule has 0 amide bonds. The molecule has 5 aromatic carbocycles. The minimum atomic E-state index is -1.30. The summed E-state index contributed by atoms with van der Waals surface area (Å²) in [5.74, 6) is -1.28. The van der Waals surface area contributed by atoms with E-state index in [1.165, 1.54) is 5.56 Å². The third kappa shape index (κ3) is 3.76. The zero-order valence-corrected chi connectivity index (χ0v) is 27.3. The molecular weight excluding hydrogens is 619 g/mol. The number of fused-ring (bicyclic) bond motifs is 12. The Balaban J connectivity index is 1.76. The molecule has 7 heteroatoms. The maximum atomic E-state index is 13.1. The summed E-state index contributed by atoms with van der Waals surface area (Å²) < 4.78 is 7.27. The Morgan fingerprint density at radius 2 is 1.43 bits per heavy atom. The molecule has 1 aliphatic heterocycles. The monoisotopic (exact) mass is 648 g/mol. The van der Waals surface area contributed by atoms with Crippen molar-refractivity contribution in [2.45, 2.75) is 57.8 Å². The van der Waals surface area contributed by atoms with Gasteiger partial charge in [0.05, 0.1) is 21.2 Å². The number of carboxylic acid groups (broad SMARTS) is 2. The number of hydrogen-bond donors (Lipinski definition) is 2. The van der Waals surface area contributed by atoms with E-state index in [2.05, 4.69) is 45.9 Å². The summed E-state index contributed by atoms with van der Waals surface area (Å²) in [6.07, 6.45) is 4.85. The van der Waals surface area contributed by atoms with E-state index in [9.17, 15) is 19.8 Å². The molecule has 1 heterocycles. The van der Waals surface area contributed by atoms with Gasteiger partial charge in [-0.05, 0) is 68.5 Å². The van der Waals surface area contributed by atoms with Gasteiger partial charge in [0.1, 0.15) is 11.5 Å². The van der Waals surface area contributed by atoms with Gasteiger partial charge in [0.15, 0.2) is 0 Å². The van der Waals surface area contributed by atoms with Crippen molar-refractivity contribution in [3.8, 4) is 11.5 Å². The lowest BCUT2D eigenvalue weighted by Crippen LogP contribution is -2.30. The molecule has 3 aliphatic rings. The highest BCUT2D eigenvalue weighted by Gasteiger charge is 2.42. The maximum Gasteiger partial charge on any atom is 0.337 e. The van der Waals surface area contributed by atoms with Crippen LogP contribution in [0.3, 0.4) is 0 Å². The maximum absolute atomic E-state index is 13.1. The van der Waals surface area contributed by atoms with Crippen molar-refractivity contribution in [1.82, 2.24) is 0 Å². The first-order chi connectivity index (χ1) is 21.8. The van der Waals surface area contributed by atoms with Gasteiger partial charge in [0.25, 0.3) is 0 Å². The lowest BCUT2D eigenvalue weighted by Gasteiger charge is -2.33. The number of aromatic carboxylic acids is 2. The molecule has 0 bridgehead atoms. The van der Waals surface area contributed by atoms with Crippen LogP contribution in [0.4, 0.5) is 0 Å². The summed E-state index contributed by atoms with van der Waals surface area (Å²) >= 11 is 13.8. The van der Waals surface area contributed by atoms with Crippen LogP contribution in [-0.2, 0) is 17.3 Å². The Morgan fingerprint density at radius 3 is 2.11 bits per heavy atom. The fourth-order valence-electron chi connectivity index (χ4n) is 8.21. The van der Waals surface area contributed by atoms with Crippen LogP contribution < -0.4 is 15.2 Å². The largest absolute Gasteiger partial charge is 0.478 e. The highest BCUT2D eigenvalue weighted by molar-refractivity contribution is 6.40. The van der Waals surface area contributed by atoms with Crippen molar-refractivity contribution < 1.29 is 24.5 Å². The second-order valence-electron chi connectivity index (χ2n) is 13.9. The quantitative estimate of drug-likeness (QED) is 0.200. The first-order valence-corrected chi connectivity index (χ1v) is 16.1. The van der Waals surface area contributed by atoms with Crippen molar-refractivity contribution in [2.75, 3.05) is 0 Å². The SMILES string of the molecule is CC1(C)CCc2c1c1c(c3ccccc23)C(c2c(Cl)c(C(=O)O)cc(Cl)c2C(=O)O)=c2c(c3c(c4ccccc24)=CCC3(C)C)O1. The van der Waals surface area contributed by atoms with Crippen molar-refractivity contribution >= 4 is 68.3 Å².